The standard InChI is InChI=1S/C44H63N5O6S/c1-6-29(4)35(42(46)53)26-41(52)37(22-30-14-8-7-9-15-30)48-44(55)32(19-21-56-5)25-40(51)38(23-33-27-47-36-18-11-10-17-34(33)36)49-43(54)31(16-12-13-20-45)24-39(50)28(2)3/h7-11,14-15,17-18,27-29,31-32,35,37-38,47H,6,12-13,16,19-26,45H2,1-5H3,(H2,46,53)(H,48,55)(H,49,54)/t29-,31+,32+,35-,37-,38-/m0/s1. The molecule has 0 aliphatic carbocycles. The van der Waals surface area contributed by atoms with Crippen LogP contribution < -0.4 is 22.1 Å². The van der Waals surface area contributed by atoms with E-state index < -0.39 is 41.7 Å². The van der Waals surface area contributed by atoms with Gasteiger partial charge in [-0.3, -0.25) is 28.8 Å². The van der Waals surface area contributed by atoms with Crippen molar-refractivity contribution in [2.24, 2.45) is 41.1 Å². The maximum atomic E-state index is 14.5. The fourth-order valence-electron chi connectivity index (χ4n) is 6.98. The highest BCUT2D eigenvalue weighted by Crippen LogP contribution is 2.24. The van der Waals surface area contributed by atoms with Crippen molar-refractivity contribution in [3.63, 3.8) is 0 Å². The number of aromatic amines is 1. The molecule has 7 N–H and O–H groups in total. The molecule has 0 unspecified atom stereocenters. The molecule has 0 fully saturated rings. The van der Waals surface area contributed by atoms with Gasteiger partial charge in [0, 0.05) is 66.5 Å². The Morgan fingerprint density at radius 2 is 1.34 bits per heavy atom. The number of amides is 3. The van der Waals surface area contributed by atoms with Gasteiger partial charge in [-0.1, -0.05) is 89.1 Å². The van der Waals surface area contributed by atoms with E-state index in [0.717, 1.165) is 22.0 Å². The van der Waals surface area contributed by atoms with Crippen LogP contribution in [0.5, 0.6) is 0 Å². The Morgan fingerprint density at radius 3 is 1.95 bits per heavy atom. The molecule has 0 saturated heterocycles. The minimum Gasteiger partial charge on any atom is -0.369 e. The molecule has 0 bridgehead atoms. The molecule has 3 rings (SSSR count). The van der Waals surface area contributed by atoms with Crippen LogP contribution in [-0.4, -0.2) is 70.7 Å². The minimum absolute atomic E-state index is 0.0305. The number of thioether (sulfide) groups is 1. The number of hydrogen-bond donors (Lipinski definition) is 5. The van der Waals surface area contributed by atoms with E-state index in [1.807, 2.05) is 80.9 Å². The van der Waals surface area contributed by atoms with Gasteiger partial charge < -0.3 is 27.1 Å². The van der Waals surface area contributed by atoms with Gasteiger partial charge >= 0.3 is 0 Å². The Bertz CT molecular complexity index is 1740. The molecule has 306 valence electrons. The first kappa shape index (κ1) is 46.1. The maximum absolute atomic E-state index is 14.5. The monoisotopic (exact) mass is 789 g/mol. The van der Waals surface area contributed by atoms with Crippen molar-refractivity contribution in [2.45, 2.75) is 104 Å². The second-order valence-electron chi connectivity index (χ2n) is 15.4. The summed E-state index contributed by atoms with van der Waals surface area (Å²) in [7, 11) is 0. The molecule has 0 aliphatic heterocycles. The van der Waals surface area contributed by atoms with Gasteiger partial charge in [0.2, 0.25) is 17.7 Å². The molecule has 3 aromatic rings. The van der Waals surface area contributed by atoms with Crippen LogP contribution in [0.25, 0.3) is 10.9 Å². The van der Waals surface area contributed by atoms with Crippen molar-refractivity contribution in [3.05, 3.63) is 71.9 Å². The van der Waals surface area contributed by atoms with E-state index in [9.17, 15) is 28.8 Å². The number of carbonyl (C=O) groups excluding carboxylic acids is 6. The summed E-state index contributed by atoms with van der Waals surface area (Å²) in [4.78, 5) is 85.0. The number of carbonyl (C=O) groups is 6. The summed E-state index contributed by atoms with van der Waals surface area (Å²) in [6.45, 7) is 7.89. The van der Waals surface area contributed by atoms with E-state index in [1.54, 1.807) is 25.6 Å². The van der Waals surface area contributed by atoms with E-state index in [4.69, 9.17) is 11.5 Å². The third kappa shape index (κ3) is 14.3. The van der Waals surface area contributed by atoms with Gasteiger partial charge in [0.05, 0.1) is 12.1 Å². The summed E-state index contributed by atoms with van der Waals surface area (Å²) in [5.74, 6) is -3.92. The number of para-hydroxylation sites is 1. The SMILES string of the molecule is CC[C@H](C)[C@H](CC(=O)[C@H](Cc1ccccc1)NC(=O)[C@H](CCSC)CC(=O)[C@H](Cc1c[nH]c2ccccc12)NC(=O)[C@H](CCCCN)CC(=O)C(C)C)C(N)=O. The lowest BCUT2D eigenvalue weighted by atomic mass is 9.84. The molecule has 1 heterocycles. The summed E-state index contributed by atoms with van der Waals surface area (Å²) in [6, 6.07) is 15.1. The molecule has 11 nitrogen and oxygen atoms in total. The highest BCUT2D eigenvalue weighted by atomic mass is 32.2. The number of nitrogens with one attached hydrogen (secondary N) is 3. The van der Waals surface area contributed by atoms with Crippen LogP contribution in [0.3, 0.4) is 0 Å². The zero-order chi connectivity index (χ0) is 41.2. The molecule has 0 saturated carbocycles. The maximum Gasteiger partial charge on any atom is 0.224 e. The zero-order valence-electron chi connectivity index (χ0n) is 33.8. The van der Waals surface area contributed by atoms with Gasteiger partial charge in [0.15, 0.2) is 11.6 Å². The Balaban J connectivity index is 1.94. The first-order chi connectivity index (χ1) is 26.8. The highest BCUT2D eigenvalue weighted by molar-refractivity contribution is 7.98. The summed E-state index contributed by atoms with van der Waals surface area (Å²) in [6.07, 6.45) is 6.76. The van der Waals surface area contributed by atoms with Gasteiger partial charge in [-0.05, 0) is 67.3 Å². The number of fused-ring (bicyclic) bond motifs is 1. The van der Waals surface area contributed by atoms with E-state index >= 15 is 0 Å². The van der Waals surface area contributed by atoms with Crippen LogP contribution in [0.2, 0.25) is 0 Å². The van der Waals surface area contributed by atoms with Crippen LogP contribution in [0, 0.1) is 29.6 Å². The van der Waals surface area contributed by atoms with E-state index in [-0.39, 0.29) is 67.2 Å². The predicted octanol–water partition coefficient (Wildman–Crippen LogP) is 5.72. The first-order valence-electron chi connectivity index (χ1n) is 20.0. The molecule has 1 aromatic heterocycles. The predicted molar refractivity (Wildman–Crippen MR) is 225 cm³/mol. The largest absolute Gasteiger partial charge is 0.369 e. The number of Topliss-reactive ketones (excluding diaryl/α,β-unsaturated/α-hetero) is 3. The normalized spacial score (nSPS) is 14.7. The smallest absolute Gasteiger partial charge is 0.224 e. The molecular formula is C44H63N5O6S. The molecule has 12 heteroatoms. The molecule has 3 amide bonds. The Morgan fingerprint density at radius 1 is 0.750 bits per heavy atom. The van der Waals surface area contributed by atoms with Gasteiger partial charge in [-0.25, -0.2) is 0 Å². The summed E-state index contributed by atoms with van der Waals surface area (Å²) in [5.41, 5.74) is 14.0. The molecule has 56 heavy (non-hydrogen) atoms. The van der Waals surface area contributed by atoms with Crippen LogP contribution in [0.1, 0.15) is 90.2 Å². The second kappa shape index (κ2) is 23.7. The average molecular weight is 790 g/mol. The number of benzene rings is 2. The summed E-state index contributed by atoms with van der Waals surface area (Å²) >= 11 is 1.54. The van der Waals surface area contributed by atoms with Crippen molar-refractivity contribution >= 4 is 57.7 Å². The summed E-state index contributed by atoms with van der Waals surface area (Å²) < 4.78 is 0. The highest BCUT2D eigenvalue weighted by Gasteiger charge is 2.34. The minimum atomic E-state index is -0.981. The molecule has 0 aliphatic rings. The number of primary amides is 1. The molecule has 0 radical (unpaired) electrons. The first-order valence-corrected chi connectivity index (χ1v) is 21.4. The Hall–Kier alpha value is -4.29. The molecular weight excluding hydrogens is 727 g/mol. The third-order valence-electron chi connectivity index (χ3n) is 10.9. The third-order valence-corrected chi connectivity index (χ3v) is 11.5. The number of H-pyrrole nitrogens is 1. The fourth-order valence-corrected chi connectivity index (χ4v) is 7.50. The van der Waals surface area contributed by atoms with Crippen molar-refractivity contribution in [1.82, 2.24) is 15.6 Å². The molecule has 6 atom stereocenters. The van der Waals surface area contributed by atoms with Gasteiger partial charge in [-0.15, -0.1) is 0 Å². The van der Waals surface area contributed by atoms with Crippen molar-refractivity contribution in [2.75, 3.05) is 18.6 Å². The lowest BCUT2D eigenvalue weighted by Crippen LogP contribution is -2.49. The van der Waals surface area contributed by atoms with Crippen LogP contribution in [0.4, 0.5) is 0 Å². The van der Waals surface area contributed by atoms with Crippen molar-refractivity contribution < 1.29 is 28.8 Å². The van der Waals surface area contributed by atoms with E-state index in [2.05, 4.69) is 15.6 Å². The Labute approximate surface area is 336 Å². The van der Waals surface area contributed by atoms with Crippen molar-refractivity contribution in [3.8, 4) is 0 Å². The van der Waals surface area contributed by atoms with Gasteiger partial charge in [0.25, 0.3) is 0 Å². The van der Waals surface area contributed by atoms with Crippen molar-refractivity contribution in [1.29, 1.82) is 0 Å². The topological polar surface area (TPSA) is 194 Å². The van der Waals surface area contributed by atoms with Crippen LogP contribution >= 0.6 is 11.8 Å². The average Bonchev–Trinajstić information content (AvgIpc) is 3.59. The fraction of sp³-hybridized carbons (Fsp3) is 0.545. The summed E-state index contributed by atoms with van der Waals surface area (Å²) in [5, 5.41) is 6.89. The van der Waals surface area contributed by atoms with Crippen LogP contribution in [-0.2, 0) is 41.6 Å². The number of aromatic nitrogens is 1. The number of unbranched alkanes of at least 4 members (excludes halogenated alkanes) is 1. The van der Waals surface area contributed by atoms with Gasteiger partial charge in [-0.2, -0.15) is 11.8 Å². The number of hydrogen-bond acceptors (Lipinski definition) is 8. The lowest BCUT2D eigenvalue weighted by Gasteiger charge is -2.26. The number of ketones is 3. The van der Waals surface area contributed by atoms with Crippen LogP contribution in [0.15, 0.2) is 60.8 Å². The van der Waals surface area contributed by atoms with E-state index in [0.29, 0.717) is 44.4 Å². The zero-order valence-corrected chi connectivity index (χ0v) is 34.6. The van der Waals surface area contributed by atoms with E-state index in [1.165, 1.54) is 0 Å². The Kier molecular flexibility index (Phi) is 19.5. The lowest BCUT2D eigenvalue weighted by molar-refractivity contribution is -0.135. The quantitative estimate of drug-likeness (QED) is 0.0606. The van der Waals surface area contributed by atoms with Gasteiger partial charge in [0.1, 0.15) is 5.78 Å². The molecule has 0 spiro atoms. The second-order valence-corrected chi connectivity index (χ2v) is 16.4. The molecule has 2 aromatic carbocycles. The number of nitrogens with two attached hydrogens (primary N) is 2. The number of rotatable bonds is 27.